The normalized spacial score (nSPS) is 11.7. The number of nitrogens with one attached hydrogen (secondary N) is 1. The summed E-state index contributed by atoms with van der Waals surface area (Å²) in [4.78, 5) is 11.9. The summed E-state index contributed by atoms with van der Waals surface area (Å²) in [6.45, 7) is 0.112. The van der Waals surface area contributed by atoms with Crippen LogP contribution in [0.5, 0.6) is 0 Å². The molecule has 0 aliphatic rings. The topological polar surface area (TPSA) is 64.7 Å². The average Bonchev–Trinajstić information content (AvgIpc) is 2.89. The highest BCUT2D eigenvalue weighted by Gasteiger charge is 2.39. The van der Waals surface area contributed by atoms with E-state index in [1.54, 1.807) is 13.2 Å². The first kappa shape index (κ1) is 15.4. The number of hydrogen-bond acceptors (Lipinski definition) is 3. The number of aryl methyl sites for hydroxylation is 2. The van der Waals surface area contributed by atoms with Crippen molar-refractivity contribution in [1.82, 2.24) is 24.9 Å². The van der Waals surface area contributed by atoms with Gasteiger partial charge in [-0.25, -0.2) is 0 Å². The van der Waals surface area contributed by atoms with Crippen LogP contribution in [0.1, 0.15) is 21.7 Å². The second-order valence-corrected chi connectivity index (χ2v) is 4.72. The standard InChI is InChI=1S/C11H11ClF3N5O/c1-19-5-6(4-17-19)3-16-10(21)8-7(12)9(11(13,14)15)20(2)18-8/h4-5H,3H2,1-2H3,(H,16,21). The summed E-state index contributed by atoms with van der Waals surface area (Å²) in [5, 5.41) is 9.16. The van der Waals surface area contributed by atoms with E-state index in [1.807, 2.05) is 0 Å². The van der Waals surface area contributed by atoms with Crippen molar-refractivity contribution in [3.63, 3.8) is 0 Å². The molecule has 0 aromatic carbocycles. The molecule has 6 nitrogen and oxygen atoms in total. The van der Waals surface area contributed by atoms with Crippen LogP contribution in [0.2, 0.25) is 5.02 Å². The number of hydrogen-bond donors (Lipinski definition) is 1. The van der Waals surface area contributed by atoms with Gasteiger partial charge in [-0.05, 0) is 0 Å². The van der Waals surface area contributed by atoms with E-state index >= 15 is 0 Å². The molecule has 0 aliphatic carbocycles. The predicted molar refractivity (Wildman–Crippen MR) is 67.6 cm³/mol. The predicted octanol–water partition coefficient (Wildman–Crippen LogP) is 1.76. The second-order valence-electron chi connectivity index (χ2n) is 4.34. The monoisotopic (exact) mass is 321 g/mol. The Balaban J connectivity index is 2.17. The van der Waals surface area contributed by atoms with E-state index in [2.05, 4.69) is 15.5 Å². The number of aromatic nitrogens is 4. The van der Waals surface area contributed by atoms with Crippen molar-refractivity contribution in [2.45, 2.75) is 12.7 Å². The van der Waals surface area contributed by atoms with Crippen molar-refractivity contribution in [2.75, 3.05) is 0 Å². The Morgan fingerprint density at radius 1 is 1.43 bits per heavy atom. The molecule has 2 aromatic heterocycles. The minimum absolute atomic E-state index is 0.112. The highest BCUT2D eigenvalue weighted by molar-refractivity contribution is 6.34. The van der Waals surface area contributed by atoms with Crippen LogP contribution in [0.15, 0.2) is 12.4 Å². The van der Waals surface area contributed by atoms with E-state index < -0.39 is 28.5 Å². The number of carbonyl (C=O) groups is 1. The third-order valence-corrected chi connectivity index (χ3v) is 3.04. The molecule has 0 bridgehead atoms. The SMILES string of the molecule is Cn1cc(CNC(=O)c2nn(C)c(C(F)(F)F)c2Cl)cn1. The molecule has 10 heteroatoms. The molecule has 0 unspecified atom stereocenters. The molecule has 1 amide bonds. The Bertz CT molecular complexity index is 676. The number of amides is 1. The summed E-state index contributed by atoms with van der Waals surface area (Å²) in [6.07, 6.45) is -1.48. The van der Waals surface area contributed by atoms with Gasteiger partial charge in [0.15, 0.2) is 11.4 Å². The molecule has 21 heavy (non-hydrogen) atoms. The van der Waals surface area contributed by atoms with Gasteiger partial charge in [-0.1, -0.05) is 11.6 Å². The largest absolute Gasteiger partial charge is 0.434 e. The molecule has 2 rings (SSSR count). The highest BCUT2D eigenvalue weighted by Crippen LogP contribution is 2.35. The Hall–Kier alpha value is -2.03. The second kappa shape index (κ2) is 5.40. The minimum Gasteiger partial charge on any atom is -0.346 e. The molecule has 1 N–H and O–H groups in total. The van der Waals surface area contributed by atoms with Crippen LogP contribution >= 0.6 is 11.6 Å². The first-order valence-electron chi connectivity index (χ1n) is 5.75. The maximum absolute atomic E-state index is 12.8. The van der Waals surface area contributed by atoms with Crippen molar-refractivity contribution >= 4 is 17.5 Å². The summed E-state index contributed by atoms with van der Waals surface area (Å²) in [5.41, 5.74) is -0.917. The Morgan fingerprint density at radius 2 is 2.10 bits per heavy atom. The first-order valence-corrected chi connectivity index (χ1v) is 6.13. The molecule has 0 aliphatic heterocycles. The lowest BCUT2D eigenvalue weighted by molar-refractivity contribution is -0.143. The third kappa shape index (κ3) is 3.18. The van der Waals surface area contributed by atoms with Crippen molar-refractivity contribution in [3.8, 4) is 0 Å². The van der Waals surface area contributed by atoms with E-state index in [0.717, 1.165) is 7.05 Å². The van der Waals surface area contributed by atoms with Gasteiger partial charge in [-0.15, -0.1) is 0 Å². The van der Waals surface area contributed by atoms with Crippen molar-refractivity contribution < 1.29 is 18.0 Å². The number of alkyl halides is 3. The lowest BCUT2D eigenvalue weighted by Gasteiger charge is -2.06. The van der Waals surface area contributed by atoms with E-state index in [-0.39, 0.29) is 6.54 Å². The summed E-state index contributed by atoms with van der Waals surface area (Å²) in [6, 6.07) is 0. The van der Waals surface area contributed by atoms with E-state index in [1.165, 1.54) is 10.9 Å². The zero-order valence-corrected chi connectivity index (χ0v) is 11.8. The summed E-state index contributed by atoms with van der Waals surface area (Å²) in [7, 11) is 2.78. The van der Waals surface area contributed by atoms with Crippen LogP contribution in [-0.4, -0.2) is 25.5 Å². The highest BCUT2D eigenvalue weighted by atomic mass is 35.5. The van der Waals surface area contributed by atoms with Gasteiger partial charge in [0.2, 0.25) is 0 Å². The number of carbonyl (C=O) groups excluding carboxylic acids is 1. The molecule has 0 spiro atoms. The maximum atomic E-state index is 12.8. The van der Waals surface area contributed by atoms with Crippen LogP contribution in [-0.2, 0) is 26.8 Å². The maximum Gasteiger partial charge on any atom is 0.434 e. The van der Waals surface area contributed by atoms with Crippen LogP contribution < -0.4 is 5.32 Å². The van der Waals surface area contributed by atoms with Gasteiger partial charge >= 0.3 is 6.18 Å². The van der Waals surface area contributed by atoms with Gasteiger partial charge < -0.3 is 5.32 Å². The first-order chi connectivity index (χ1) is 9.70. The fraction of sp³-hybridized carbons (Fsp3) is 0.364. The van der Waals surface area contributed by atoms with Crippen LogP contribution in [0, 0.1) is 0 Å². The molecular formula is C11H11ClF3N5O. The van der Waals surface area contributed by atoms with Crippen LogP contribution in [0.4, 0.5) is 13.2 Å². The molecule has 0 saturated carbocycles. The quantitative estimate of drug-likeness (QED) is 0.937. The van der Waals surface area contributed by atoms with Gasteiger partial charge in [0.05, 0.1) is 6.20 Å². The van der Waals surface area contributed by atoms with Gasteiger partial charge in [-0.2, -0.15) is 23.4 Å². The lowest BCUT2D eigenvalue weighted by atomic mass is 10.3. The average molecular weight is 322 g/mol. The molecule has 114 valence electrons. The summed E-state index contributed by atoms with van der Waals surface area (Å²) >= 11 is 5.61. The molecule has 0 radical (unpaired) electrons. The fourth-order valence-corrected chi connectivity index (χ4v) is 2.13. The van der Waals surface area contributed by atoms with Gasteiger partial charge in [0, 0.05) is 32.4 Å². The van der Waals surface area contributed by atoms with E-state index in [0.29, 0.717) is 10.2 Å². The Morgan fingerprint density at radius 3 is 2.57 bits per heavy atom. The minimum atomic E-state index is -4.68. The fourth-order valence-electron chi connectivity index (χ4n) is 1.78. The van der Waals surface area contributed by atoms with Crippen molar-refractivity contribution in [3.05, 3.63) is 34.4 Å². The molecular weight excluding hydrogens is 311 g/mol. The number of rotatable bonds is 3. The third-order valence-electron chi connectivity index (χ3n) is 2.68. The van der Waals surface area contributed by atoms with Gasteiger partial charge in [-0.3, -0.25) is 14.2 Å². The van der Waals surface area contributed by atoms with E-state index in [9.17, 15) is 18.0 Å². The molecule has 0 atom stereocenters. The van der Waals surface area contributed by atoms with Gasteiger partial charge in [0.25, 0.3) is 5.91 Å². The number of nitrogens with zero attached hydrogens (tertiary/aromatic N) is 4. The molecule has 2 heterocycles. The number of halogens is 4. The van der Waals surface area contributed by atoms with Crippen molar-refractivity contribution in [1.29, 1.82) is 0 Å². The van der Waals surface area contributed by atoms with E-state index in [4.69, 9.17) is 11.6 Å². The molecule has 0 saturated heterocycles. The van der Waals surface area contributed by atoms with Crippen LogP contribution in [0.25, 0.3) is 0 Å². The Kier molecular flexibility index (Phi) is 3.95. The Labute approximate surface area is 122 Å². The summed E-state index contributed by atoms with van der Waals surface area (Å²) in [5.74, 6) is -0.782. The van der Waals surface area contributed by atoms with Crippen LogP contribution in [0.3, 0.4) is 0 Å². The van der Waals surface area contributed by atoms with Crippen molar-refractivity contribution in [2.24, 2.45) is 14.1 Å². The lowest BCUT2D eigenvalue weighted by Crippen LogP contribution is -2.23. The zero-order chi connectivity index (χ0) is 15.8. The smallest absolute Gasteiger partial charge is 0.346 e. The molecule has 2 aromatic rings. The van der Waals surface area contributed by atoms with Gasteiger partial charge in [0.1, 0.15) is 5.02 Å². The molecule has 0 fully saturated rings. The summed E-state index contributed by atoms with van der Waals surface area (Å²) < 4.78 is 40.3. The zero-order valence-electron chi connectivity index (χ0n) is 11.1.